The van der Waals surface area contributed by atoms with Gasteiger partial charge in [0, 0.05) is 0 Å². The summed E-state index contributed by atoms with van der Waals surface area (Å²) in [6.07, 6.45) is 0. The minimum atomic E-state index is -0.990. The van der Waals surface area contributed by atoms with Crippen LogP contribution >= 0.6 is 0 Å². The number of hydrogen-bond donors (Lipinski definition) is 3. The third-order valence-corrected chi connectivity index (χ3v) is 4.46. The maximum absolute atomic E-state index is 13.0. The average molecular weight is 348 g/mol. The first-order valence-electron chi connectivity index (χ1n) is 7.64. The van der Waals surface area contributed by atoms with Crippen molar-refractivity contribution in [1.29, 1.82) is 5.26 Å². The fourth-order valence-electron chi connectivity index (χ4n) is 3.25. The third kappa shape index (κ3) is 1.88. The molecule has 1 aromatic heterocycles. The number of benzene rings is 2. The van der Waals surface area contributed by atoms with E-state index < -0.39 is 22.9 Å². The lowest BCUT2D eigenvalue weighted by Gasteiger charge is -2.17. The lowest BCUT2D eigenvalue weighted by Crippen LogP contribution is -2.38. The summed E-state index contributed by atoms with van der Waals surface area (Å²) in [5.74, 6) is -0.892. The second-order valence-electron chi connectivity index (χ2n) is 5.87. The quantitative estimate of drug-likeness (QED) is 0.558. The molecule has 3 aromatic rings. The van der Waals surface area contributed by atoms with E-state index in [9.17, 15) is 25.1 Å². The highest BCUT2D eigenvalue weighted by molar-refractivity contribution is 5.81. The highest BCUT2D eigenvalue weighted by Crippen LogP contribution is 2.36. The monoisotopic (exact) mass is 348 g/mol. The molecular weight excluding hydrogens is 336 g/mol. The number of aromatic hydroxyl groups is 2. The minimum Gasteiger partial charge on any atom is -0.504 e. The van der Waals surface area contributed by atoms with Gasteiger partial charge in [-0.05, 0) is 29.8 Å². The summed E-state index contributed by atoms with van der Waals surface area (Å²) in [4.78, 5) is 25.8. The van der Waals surface area contributed by atoms with E-state index in [0.29, 0.717) is 5.56 Å². The largest absolute Gasteiger partial charge is 0.504 e. The van der Waals surface area contributed by atoms with Crippen LogP contribution in [0.25, 0.3) is 16.6 Å². The van der Waals surface area contributed by atoms with Crippen molar-refractivity contribution in [1.82, 2.24) is 9.36 Å². The van der Waals surface area contributed by atoms with Crippen LogP contribution < -0.4 is 16.9 Å². The SMILES string of the molecule is N#CC1=C(N)n2c(=O)c3ccccc3c(=O)n2C1c1ccc(O)c(O)c1. The maximum atomic E-state index is 13.0. The summed E-state index contributed by atoms with van der Waals surface area (Å²) < 4.78 is 2.09. The van der Waals surface area contributed by atoms with Gasteiger partial charge < -0.3 is 15.9 Å². The van der Waals surface area contributed by atoms with Crippen LogP contribution in [0.4, 0.5) is 0 Å². The molecular formula is C18H12N4O4. The molecule has 0 saturated heterocycles. The molecule has 128 valence electrons. The number of phenolic OH excluding ortho intramolecular Hbond substituents is 2. The molecule has 4 N–H and O–H groups in total. The molecule has 2 heterocycles. The van der Waals surface area contributed by atoms with Gasteiger partial charge in [0.05, 0.1) is 10.8 Å². The van der Waals surface area contributed by atoms with E-state index in [1.165, 1.54) is 30.3 Å². The highest BCUT2D eigenvalue weighted by Gasteiger charge is 2.34. The van der Waals surface area contributed by atoms with Gasteiger partial charge in [-0.25, -0.2) is 4.68 Å². The Balaban J connectivity index is 2.15. The molecule has 0 spiro atoms. The molecule has 0 saturated carbocycles. The Bertz CT molecular complexity index is 1280. The molecule has 0 radical (unpaired) electrons. The predicted molar refractivity (Wildman–Crippen MR) is 93.4 cm³/mol. The zero-order valence-corrected chi connectivity index (χ0v) is 13.2. The summed E-state index contributed by atoms with van der Waals surface area (Å²) in [7, 11) is 0. The number of nitrogens with two attached hydrogens (primary N) is 1. The number of hydrogen-bond acceptors (Lipinski definition) is 6. The van der Waals surface area contributed by atoms with Crippen molar-refractivity contribution in [2.75, 3.05) is 0 Å². The van der Waals surface area contributed by atoms with Crippen LogP contribution in [-0.2, 0) is 0 Å². The molecule has 26 heavy (non-hydrogen) atoms. The van der Waals surface area contributed by atoms with Gasteiger partial charge in [-0.15, -0.1) is 0 Å². The number of nitriles is 1. The Hall–Kier alpha value is -3.99. The molecule has 2 aromatic carbocycles. The Morgan fingerprint density at radius 1 is 1.00 bits per heavy atom. The average Bonchev–Trinajstić information content (AvgIpc) is 2.95. The minimum absolute atomic E-state index is 0.00426. The van der Waals surface area contributed by atoms with E-state index in [4.69, 9.17) is 5.73 Å². The van der Waals surface area contributed by atoms with Crippen LogP contribution in [0.1, 0.15) is 11.6 Å². The van der Waals surface area contributed by atoms with Crippen LogP contribution in [0.15, 0.2) is 57.6 Å². The lowest BCUT2D eigenvalue weighted by atomic mass is 10.00. The molecule has 8 nitrogen and oxygen atoms in total. The first-order chi connectivity index (χ1) is 12.5. The first kappa shape index (κ1) is 15.5. The highest BCUT2D eigenvalue weighted by atomic mass is 16.3. The Morgan fingerprint density at radius 3 is 2.27 bits per heavy atom. The zero-order valence-electron chi connectivity index (χ0n) is 13.2. The predicted octanol–water partition coefficient (Wildman–Crippen LogP) is 0.828. The van der Waals surface area contributed by atoms with E-state index >= 15 is 0 Å². The van der Waals surface area contributed by atoms with Crippen molar-refractivity contribution in [2.45, 2.75) is 6.04 Å². The molecule has 1 aliphatic heterocycles. The summed E-state index contributed by atoms with van der Waals surface area (Å²) in [5.41, 5.74) is 5.33. The summed E-state index contributed by atoms with van der Waals surface area (Å²) in [5, 5.41) is 29.3. The molecule has 1 unspecified atom stereocenters. The van der Waals surface area contributed by atoms with E-state index in [2.05, 4.69) is 0 Å². The van der Waals surface area contributed by atoms with Gasteiger partial charge in [-0.2, -0.15) is 9.94 Å². The van der Waals surface area contributed by atoms with Crippen molar-refractivity contribution >= 4 is 16.6 Å². The Morgan fingerprint density at radius 2 is 1.65 bits per heavy atom. The summed E-state index contributed by atoms with van der Waals surface area (Å²) in [6, 6.07) is 11.2. The molecule has 0 amide bonds. The fraction of sp³-hybridized carbons (Fsp3) is 0.0556. The van der Waals surface area contributed by atoms with Gasteiger partial charge >= 0.3 is 0 Å². The second-order valence-corrected chi connectivity index (χ2v) is 5.87. The molecule has 1 aliphatic rings. The van der Waals surface area contributed by atoms with Crippen molar-refractivity contribution in [3.8, 4) is 17.6 Å². The Labute approximate surface area is 145 Å². The lowest BCUT2D eigenvalue weighted by molar-refractivity contribution is 0.402. The van der Waals surface area contributed by atoms with Gasteiger partial charge in [-0.3, -0.25) is 9.59 Å². The maximum Gasteiger partial charge on any atom is 0.279 e. The van der Waals surface area contributed by atoms with Gasteiger partial charge in [0.15, 0.2) is 11.5 Å². The van der Waals surface area contributed by atoms with Crippen LogP contribution in [0.3, 0.4) is 0 Å². The standard InChI is InChI=1S/C18H12N4O4/c19-8-12-15(9-5-6-13(23)14(24)7-9)21-17(25)10-3-1-2-4-11(10)18(26)22(21)16(12)20/h1-7,15,23-24H,20H2. The molecule has 4 rings (SSSR count). The van der Waals surface area contributed by atoms with Crippen LogP contribution in [0.5, 0.6) is 11.5 Å². The first-order valence-corrected chi connectivity index (χ1v) is 7.64. The smallest absolute Gasteiger partial charge is 0.279 e. The van der Waals surface area contributed by atoms with Gasteiger partial charge in [0.1, 0.15) is 23.5 Å². The fourth-order valence-corrected chi connectivity index (χ4v) is 3.25. The molecule has 1 atom stereocenters. The van der Waals surface area contributed by atoms with Gasteiger partial charge in [0.25, 0.3) is 11.1 Å². The van der Waals surface area contributed by atoms with E-state index in [-0.39, 0.29) is 27.9 Å². The molecule has 0 aliphatic carbocycles. The topological polar surface area (TPSA) is 134 Å². The Kier molecular flexibility index (Phi) is 3.14. The number of fused-ring (bicyclic) bond motifs is 2. The second kappa shape index (κ2) is 5.26. The molecule has 0 fully saturated rings. The number of nitrogens with zero attached hydrogens (tertiary/aromatic N) is 3. The van der Waals surface area contributed by atoms with Crippen molar-refractivity contribution in [3.63, 3.8) is 0 Å². The van der Waals surface area contributed by atoms with Crippen LogP contribution in [0.2, 0.25) is 0 Å². The number of phenols is 2. The van der Waals surface area contributed by atoms with E-state index in [0.717, 1.165) is 9.36 Å². The third-order valence-electron chi connectivity index (χ3n) is 4.46. The number of allylic oxidation sites excluding steroid dienone is 1. The van der Waals surface area contributed by atoms with Crippen molar-refractivity contribution < 1.29 is 10.2 Å². The number of rotatable bonds is 1. The van der Waals surface area contributed by atoms with E-state index in [1.807, 2.05) is 6.07 Å². The van der Waals surface area contributed by atoms with Crippen molar-refractivity contribution in [3.05, 3.63) is 74.3 Å². The van der Waals surface area contributed by atoms with Gasteiger partial charge in [-0.1, -0.05) is 18.2 Å². The van der Waals surface area contributed by atoms with E-state index in [1.54, 1.807) is 12.1 Å². The number of aromatic nitrogens is 2. The van der Waals surface area contributed by atoms with Crippen LogP contribution in [-0.4, -0.2) is 19.6 Å². The van der Waals surface area contributed by atoms with Crippen molar-refractivity contribution in [2.24, 2.45) is 5.73 Å². The molecule has 0 bridgehead atoms. The summed E-state index contributed by atoms with van der Waals surface area (Å²) in [6.45, 7) is 0. The molecule has 8 heteroatoms. The normalized spacial score (nSPS) is 15.9. The van der Waals surface area contributed by atoms with Crippen LogP contribution in [0, 0.1) is 11.3 Å². The zero-order chi connectivity index (χ0) is 18.6. The van der Waals surface area contributed by atoms with Gasteiger partial charge in [0.2, 0.25) is 0 Å². The summed E-state index contributed by atoms with van der Waals surface area (Å²) >= 11 is 0.